The molecule has 1 aliphatic rings. The van der Waals surface area contributed by atoms with Gasteiger partial charge in [-0.15, -0.1) is 0 Å². The minimum Gasteiger partial charge on any atom is -0.508 e. The van der Waals surface area contributed by atoms with Gasteiger partial charge in [-0.1, -0.05) is 0 Å². The van der Waals surface area contributed by atoms with Crippen LogP contribution in [0.25, 0.3) is 0 Å². The number of nitrogens with two attached hydrogens (primary N) is 1. The van der Waals surface area contributed by atoms with Gasteiger partial charge in [-0.3, -0.25) is 4.79 Å². The summed E-state index contributed by atoms with van der Waals surface area (Å²) in [5, 5.41) is 21.4. The lowest BCUT2D eigenvalue weighted by molar-refractivity contribution is 0.0932. The minimum atomic E-state index is -0.321. The number of benzene rings is 1. The molecule has 2 rings (SSSR count). The third-order valence-corrected chi connectivity index (χ3v) is 2.93. The summed E-state index contributed by atoms with van der Waals surface area (Å²) in [7, 11) is 0. The van der Waals surface area contributed by atoms with Crippen molar-refractivity contribution in [2.45, 2.75) is 18.9 Å². The summed E-state index contributed by atoms with van der Waals surface area (Å²) < 4.78 is 0. The number of carbonyl (C=O) groups excluding carboxylic acids is 1. The van der Waals surface area contributed by atoms with Gasteiger partial charge in [0, 0.05) is 24.2 Å². The summed E-state index contributed by atoms with van der Waals surface area (Å²) in [4.78, 5) is 11.9. The van der Waals surface area contributed by atoms with E-state index in [-0.39, 0.29) is 29.0 Å². The van der Waals surface area contributed by atoms with Crippen molar-refractivity contribution in [3.8, 4) is 11.5 Å². The number of phenols is 2. The maximum atomic E-state index is 11.9. The Labute approximate surface area is 99.3 Å². The van der Waals surface area contributed by atoms with Crippen LogP contribution in [0.4, 0.5) is 0 Å². The van der Waals surface area contributed by atoms with Gasteiger partial charge in [0.1, 0.15) is 11.5 Å². The zero-order valence-corrected chi connectivity index (χ0v) is 9.39. The summed E-state index contributed by atoms with van der Waals surface area (Å²) in [6.07, 6.45) is 2.18. The van der Waals surface area contributed by atoms with Crippen LogP contribution >= 0.6 is 0 Å². The van der Waals surface area contributed by atoms with Crippen LogP contribution in [-0.2, 0) is 0 Å². The first-order valence-corrected chi connectivity index (χ1v) is 5.64. The van der Waals surface area contributed by atoms with Crippen LogP contribution in [0.1, 0.15) is 23.2 Å². The molecule has 0 bridgehead atoms. The third kappa shape index (κ3) is 2.88. The molecule has 5 heteroatoms. The van der Waals surface area contributed by atoms with Crippen LogP contribution < -0.4 is 11.1 Å². The Morgan fingerprint density at radius 2 is 1.94 bits per heavy atom. The van der Waals surface area contributed by atoms with Crippen LogP contribution in [0.5, 0.6) is 11.5 Å². The first-order chi connectivity index (χ1) is 8.10. The predicted octanol–water partition coefficient (Wildman–Crippen LogP) is 0.565. The molecule has 0 radical (unpaired) electrons. The molecule has 17 heavy (non-hydrogen) atoms. The number of amides is 1. The van der Waals surface area contributed by atoms with Crippen molar-refractivity contribution in [1.82, 2.24) is 5.32 Å². The van der Waals surface area contributed by atoms with Crippen molar-refractivity contribution >= 4 is 5.91 Å². The van der Waals surface area contributed by atoms with Crippen molar-refractivity contribution in [1.29, 1.82) is 0 Å². The van der Waals surface area contributed by atoms with E-state index >= 15 is 0 Å². The van der Waals surface area contributed by atoms with E-state index < -0.39 is 0 Å². The van der Waals surface area contributed by atoms with Crippen LogP contribution in [0.3, 0.4) is 0 Å². The topological polar surface area (TPSA) is 95.6 Å². The lowest BCUT2D eigenvalue weighted by Gasteiger charge is -2.16. The smallest absolute Gasteiger partial charge is 0.251 e. The second kappa shape index (κ2) is 4.63. The fraction of sp³-hybridized carbons (Fsp3) is 0.417. The van der Waals surface area contributed by atoms with Crippen LogP contribution in [0.2, 0.25) is 0 Å². The SMILES string of the molecule is NCC(NC(=O)c1cc(O)cc(O)c1)C1CC1. The van der Waals surface area contributed by atoms with E-state index in [0.717, 1.165) is 12.8 Å². The Bertz CT molecular complexity index is 410. The van der Waals surface area contributed by atoms with Crippen molar-refractivity contribution in [3.05, 3.63) is 23.8 Å². The molecule has 0 spiro atoms. The van der Waals surface area contributed by atoms with Crippen LogP contribution in [0.15, 0.2) is 18.2 Å². The summed E-state index contributed by atoms with van der Waals surface area (Å²) in [6, 6.07) is 3.79. The number of carbonyl (C=O) groups is 1. The highest BCUT2D eigenvalue weighted by atomic mass is 16.3. The van der Waals surface area contributed by atoms with Crippen LogP contribution in [-0.4, -0.2) is 28.7 Å². The third-order valence-electron chi connectivity index (χ3n) is 2.93. The first-order valence-electron chi connectivity index (χ1n) is 5.64. The summed E-state index contributed by atoms with van der Waals surface area (Å²) in [6.45, 7) is 0.404. The molecule has 1 amide bonds. The van der Waals surface area contributed by atoms with Gasteiger partial charge in [-0.05, 0) is 30.9 Å². The molecular formula is C12H16N2O3. The van der Waals surface area contributed by atoms with E-state index in [1.54, 1.807) is 0 Å². The van der Waals surface area contributed by atoms with Gasteiger partial charge in [0.2, 0.25) is 0 Å². The Balaban J connectivity index is 2.07. The second-order valence-corrected chi connectivity index (χ2v) is 4.39. The van der Waals surface area contributed by atoms with Crippen molar-refractivity contribution in [3.63, 3.8) is 0 Å². The average molecular weight is 236 g/mol. The van der Waals surface area contributed by atoms with Crippen molar-refractivity contribution in [2.75, 3.05) is 6.54 Å². The van der Waals surface area contributed by atoms with Gasteiger partial charge >= 0.3 is 0 Å². The molecule has 0 aliphatic heterocycles. The second-order valence-electron chi connectivity index (χ2n) is 4.39. The normalized spacial score (nSPS) is 16.5. The number of phenolic OH excluding ortho intramolecular Hbond substituents is 2. The summed E-state index contributed by atoms with van der Waals surface area (Å²) in [5.41, 5.74) is 5.82. The highest BCUT2D eigenvalue weighted by Crippen LogP contribution is 2.32. The lowest BCUT2D eigenvalue weighted by Crippen LogP contribution is -2.41. The van der Waals surface area contributed by atoms with Crippen molar-refractivity contribution < 1.29 is 15.0 Å². The Morgan fingerprint density at radius 3 is 2.41 bits per heavy atom. The summed E-state index contributed by atoms with van der Waals surface area (Å²) >= 11 is 0. The highest BCUT2D eigenvalue weighted by Gasteiger charge is 2.31. The van der Waals surface area contributed by atoms with Gasteiger partial charge in [-0.25, -0.2) is 0 Å². The average Bonchev–Trinajstić information content (AvgIpc) is 3.08. The van der Waals surface area contributed by atoms with Gasteiger partial charge in [-0.2, -0.15) is 0 Å². The molecule has 1 unspecified atom stereocenters. The minimum absolute atomic E-state index is 0.0213. The zero-order valence-electron chi connectivity index (χ0n) is 9.39. The van der Waals surface area contributed by atoms with E-state index in [9.17, 15) is 15.0 Å². The molecule has 1 saturated carbocycles. The number of rotatable bonds is 4. The molecule has 5 nitrogen and oxygen atoms in total. The largest absolute Gasteiger partial charge is 0.508 e. The molecule has 92 valence electrons. The molecule has 1 aromatic rings. The van der Waals surface area contributed by atoms with Gasteiger partial charge in [0.25, 0.3) is 5.91 Å². The predicted molar refractivity (Wildman–Crippen MR) is 62.8 cm³/mol. The van der Waals surface area contributed by atoms with Crippen LogP contribution in [0, 0.1) is 5.92 Å². The van der Waals surface area contributed by atoms with Gasteiger partial charge in [0.15, 0.2) is 0 Å². The van der Waals surface area contributed by atoms with E-state index in [0.29, 0.717) is 12.5 Å². The molecule has 5 N–H and O–H groups in total. The fourth-order valence-corrected chi connectivity index (χ4v) is 1.85. The monoisotopic (exact) mass is 236 g/mol. The van der Waals surface area contributed by atoms with E-state index in [2.05, 4.69) is 5.32 Å². The van der Waals surface area contributed by atoms with Gasteiger partial charge < -0.3 is 21.3 Å². The quantitative estimate of drug-likeness (QED) is 0.614. The fourth-order valence-electron chi connectivity index (χ4n) is 1.85. The molecule has 1 atom stereocenters. The standard InChI is InChI=1S/C12H16N2O3/c13-6-11(7-1-2-7)14-12(17)8-3-9(15)5-10(16)4-8/h3-5,7,11,15-16H,1-2,6,13H2,(H,14,17). The lowest BCUT2D eigenvalue weighted by atomic mass is 10.1. The number of aromatic hydroxyl groups is 2. The van der Waals surface area contributed by atoms with E-state index in [1.165, 1.54) is 18.2 Å². The maximum absolute atomic E-state index is 11.9. The number of hydrogen-bond donors (Lipinski definition) is 4. The van der Waals surface area contributed by atoms with E-state index in [4.69, 9.17) is 5.73 Å². The molecule has 1 fully saturated rings. The van der Waals surface area contributed by atoms with Crippen molar-refractivity contribution in [2.24, 2.45) is 11.7 Å². The summed E-state index contributed by atoms with van der Waals surface area (Å²) in [5.74, 6) is -0.120. The maximum Gasteiger partial charge on any atom is 0.251 e. The van der Waals surface area contributed by atoms with E-state index in [1.807, 2.05) is 0 Å². The Morgan fingerprint density at radius 1 is 1.35 bits per heavy atom. The molecular weight excluding hydrogens is 220 g/mol. The van der Waals surface area contributed by atoms with Gasteiger partial charge in [0.05, 0.1) is 0 Å². The zero-order chi connectivity index (χ0) is 12.4. The number of nitrogens with one attached hydrogen (secondary N) is 1. The Kier molecular flexibility index (Phi) is 3.19. The molecule has 1 aliphatic carbocycles. The molecule has 1 aromatic carbocycles. The highest BCUT2D eigenvalue weighted by molar-refractivity contribution is 5.95. The molecule has 0 heterocycles. The molecule has 0 aromatic heterocycles. The molecule has 0 saturated heterocycles. The Hall–Kier alpha value is -1.75. The number of hydrogen-bond acceptors (Lipinski definition) is 4. The first kappa shape index (κ1) is 11.7.